The SMILES string of the molecule is CC(C)c1ccc2cc(C(=O)Nc3cccnc3)[nH]c2c1. The molecule has 0 spiro atoms. The molecule has 3 rings (SSSR count). The van der Waals surface area contributed by atoms with Gasteiger partial charge in [0.05, 0.1) is 11.9 Å². The minimum Gasteiger partial charge on any atom is -0.351 e. The highest BCUT2D eigenvalue weighted by Crippen LogP contribution is 2.22. The van der Waals surface area contributed by atoms with Gasteiger partial charge in [0.2, 0.25) is 0 Å². The van der Waals surface area contributed by atoms with Gasteiger partial charge in [-0.2, -0.15) is 0 Å². The molecule has 3 aromatic rings. The van der Waals surface area contributed by atoms with E-state index in [4.69, 9.17) is 0 Å². The van der Waals surface area contributed by atoms with E-state index < -0.39 is 0 Å². The van der Waals surface area contributed by atoms with Crippen LogP contribution in [-0.4, -0.2) is 15.9 Å². The van der Waals surface area contributed by atoms with E-state index >= 15 is 0 Å². The molecule has 0 fully saturated rings. The number of hydrogen-bond acceptors (Lipinski definition) is 2. The van der Waals surface area contributed by atoms with E-state index in [0.29, 0.717) is 17.3 Å². The summed E-state index contributed by atoms with van der Waals surface area (Å²) < 4.78 is 0. The van der Waals surface area contributed by atoms with Crippen molar-refractivity contribution in [3.8, 4) is 0 Å². The Hall–Kier alpha value is -2.62. The Bertz CT molecular complexity index is 775. The lowest BCUT2D eigenvalue weighted by Crippen LogP contribution is -2.12. The largest absolute Gasteiger partial charge is 0.351 e. The highest BCUT2D eigenvalue weighted by Gasteiger charge is 2.10. The molecule has 0 aliphatic rings. The number of nitrogens with one attached hydrogen (secondary N) is 2. The number of aromatic nitrogens is 2. The Morgan fingerprint density at radius 3 is 2.81 bits per heavy atom. The third-order valence-corrected chi connectivity index (χ3v) is 3.48. The molecule has 4 heteroatoms. The first-order valence-electron chi connectivity index (χ1n) is 6.97. The molecule has 4 nitrogen and oxygen atoms in total. The van der Waals surface area contributed by atoms with Crippen LogP contribution in [0.2, 0.25) is 0 Å². The number of hydrogen-bond donors (Lipinski definition) is 2. The maximum Gasteiger partial charge on any atom is 0.272 e. The Balaban J connectivity index is 1.88. The van der Waals surface area contributed by atoms with E-state index in [-0.39, 0.29) is 5.91 Å². The molecule has 2 aromatic heterocycles. The predicted octanol–water partition coefficient (Wildman–Crippen LogP) is 3.94. The summed E-state index contributed by atoms with van der Waals surface area (Å²) >= 11 is 0. The lowest BCUT2D eigenvalue weighted by Gasteiger charge is -2.04. The number of pyridine rings is 1. The molecule has 0 aliphatic carbocycles. The zero-order valence-corrected chi connectivity index (χ0v) is 12.1. The smallest absolute Gasteiger partial charge is 0.272 e. The number of anilines is 1. The molecule has 2 heterocycles. The molecule has 0 atom stereocenters. The minimum atomic E-state index is -0.162. The second kappa shape index (κ2) is 5.40. The minimum absolute atomic E-state index is 0.162. The van der Waals surface area contributed by atoms with Crippen LogP contribution in [0.3, 0.4) is 0 Å². The topological polar surface area (TPSA) is 57.8 Å². The Morgan fingerprint density at radius 1 is 1.24 bits per heavy atom. The van der Waals surface area contributed by atoms with Crippen LogP contribution in [0.25, 0.3) is 10.9 Å². The summed E-state index contributed by atoms with van der Waals surface area (Å²) in [5.74, 6) is 0.302. The predicted molar refractivity (Wildman–Crippen MR) is 84.6 cm³/mol. The number of fused-ring (bicyclic) bond motifs is 1. The lowest BCUT2D eigenvalue weighted by atomic mass is 10.0. The van der Waals surface area contributed by atoms with Gasteiger partial charge in [-0.05, 0) is 35.7 Å². The summed E-state index contributed by atoms with van der Waals surface area (Å²) in [4.78, 5) is 19.4. The fourth-order valence-corrected chi connectivity index (χ4v) is 2.26. The van der Waals surface area contributed by atoms with E-state index in [9.17, 15) is 4.79 Å². The first-order chi connectivity index (χ1) is 10.1. The zero-order valence-electron chi connectivity index (χ0n) is 12.1. The third-order valence-electron chi connectivity index (χ3n) is 3.48. The summed E-state index contributed by atoms with van der Waals surface area (Å²) in [6, 6.07) is 11.7. The molecule has 0 aliphatic heterocycles. The summed E-state index contributed by atoms with van der Waals surface area (Å²) in [5.41, 5.74) is 3.47. The molecular weight excluding hydrogens is 262 g/mol. The first-order valence-corrected chi connectivity index (χ1v) is 6.97. The summed E-state index contributed by atoms with van der Waals surface area (Å²) in [6.45, 7) is 4.31. The standard InChI is InChI=1S/C17H17N3O/c1-11(2)12-5-6-13-9-16(20-15(13)8-12)17(21)19-14-4-3-7-18-10-14/h3-11,20H,1-2H3,(H,19,21). The summed E-state index contributed by atoms with van der Waals surface area (Å²) in [7, 11) is 0. The molecule has 21 heavy (non-hydrogen) atoms. The van der Waals surface area contributed by atoms with Crippen molar-refractivity contribution in [2.75, 3.05) is 5.32 Å². The normalized spacial score (nSPS) is 11.0. The highest BCUT2D eigenvalue weighted by atomic mass is 16.1. The average molecular weight is 279 g/mol. The fourth-order valence-electron chi connectivity index (χ4n) is 2.26. The zero-order chi connectivity index (χ0) is 14.8. The third kappa shape index (κ3) is 2.79. The number of carbonyl (C=O) groups is 1. The van der Waals surface area contributed by atoms with Crippen molar-refractivity contribution in [3.05, 3.63) is 60.0 Å². The van der Waals surface area contributed by atoms with Gasteiger partial charge in [-0.25, -0.2) is 0 Å². The number of H-pyrrole nitrogens is 1. The van der Waals surface area contributed by atoms with Crippen molar-refractivity contribution >= 4 is 22.5 Å². The second-order valence-electron chi connectivity index (χ2n) is 5.38. The molecular formula is C17H17N3O. The average Bonchev–Trinajstić information content (AvgIpc) is 2.91. The number of nitrogens with zero attached hydrogens (tertiary/aromatic N) is 1. The molecule has 0 radical (unpaired) electrons. The first kappa shape index (κ1) is 13.4. The van der Waals surface area contributed by atoms with Gasteiger partial charge in [0.25, 0.3) is 5.91 Å². The van der Waals surface area contributed by atoms with Crippen molar-refractivity contribution in [1.82, 2.24) is 9.97 Å². The quantitative estimate of drug-likeness (QED) is 0.763. The van der Waals surface area contributed by atoms with Gasteiger partial charge in [0, 0.05) is 17.1 Å². The van der Waals surface area contributed by atoms with E-state index in [1.54, 1.807) is 18.5 Å². The van der Waals surface area contributed by atoms with Crippen LogP contribution in [0, 0.1) is 0 Å². The van der Waals surface area contributed by atoms with Crippen LogP contribution in [-0.2, 0) is 0 Å². The van der Waals surface area contributed by atoms with Crippen LogP contribution >= 0.6 is 0 Å². The van der Waals surface area contributed by atoms with Crippen molar-refractivity contribution in [3.63, 3.8) is 0 Å². The molecule has 1 aromatic carbocycles. The Kier molecular flexibility index (Phi) is 3.44. The van der Waals surface area contributed by atoms with Crippen LogP contribution < -0.4 is 5.32 Å². The summed E-state index contributed by atoms with van der Waals surface area (Å²) in [5, 5.41) is 3.86. The van der Waals surface area contributed by atoms with Gasteiger partial charge < -0.3 is 10.3 Å². The van der Waals surface area contributed by atoms with Crippen molar-refractivity contribution < 1.29 is 4.79 Å². The number of rotatable bonds is 3. The van der Waals surface area contributed by atoms with E-state index in [1.165, 1.54) is 5.56 Å². The van der Waals surface area contributed by atoms with Gasteiger partial charge in [-0.1, -0.05) is 26.0 Å². The second-order valence-corrected chi connectivity index (χ2v) is 5.38. The van der Waals surface area contributed by atoms with Crippen LogP contribution in [0.4, 0.5) is 5.69 Å². The molecule has 1 amide bonds. The Labute approximate surface area is 123 Å². The van der Waals surface area contributed by atoms with Crippen molar-refractivity contribution in [2.24, 2.45) is 0 Å². The van der Waals surface area contributed by atoms with Gasteiger partial charge in [0.1, 0.15) is 5.69 Å². The van der Waals surface area contributed by atoms with Gasteiger partial charge in [-0.15, -0.1) is 0 Å². The molecule has 0 bridgehead atoms. The van der Waals surface area contributed by atoms with Crippen molar-refractivity contribution in [1.29, 1.82) is 0 Å². The van der Waals surface area contributed by atoms with Crippen LogP contribution in [0.15, 0.2) is 48.8 Å². The van der Waals surface area contributed by atoms with Crippen LogP contribution in [0.1, 0.15) is 35.8 Å². The number of benzene rings is 1. The number of aromatic amines is 1. The van der Waals surface area contributed by atoms with Crippen molar-refractivity contribution in [2.45, 2.75) is 19.8 Å². The van der Waals surface area contributed by atoms with Gasteiger partial charge in [-0.3, -0.25) is 9.78 Å². The molecule has 2 N–H and O–H groups in total. The monoisotopic (exact) mass is 279 g/mol. The van der Waals surface area contributed by atoms with E-state index in [1.807, 2.05) is 18.2 Å². The maximum absolute atomic E-state index is 12.2. The molecule has 0 saturated carbocycles. The van der Waals surface area contributed by atoms with Gasteiger partial charge in [0.15, 0.2) is 0 Å². The molecule has 106 valence electrons. The van der Waals surface area contributed by atoms with Gasteiger partial charge >= 0.3 is 0 Å². The lowest BCUT2D eigenvalue weighted by molar-refractivity contribution is 0.102. The van der Waals surface area contributed by atoms with E-state index in [2.05, 4.69) is 41.3 Å². The van der Waals surface area contributed by atoms with Crippen LogP contribution in [0.5, 0.6) is 0 Å². The molecule has 0 unspecified atom stereocenters. The summed E-state index contributed by atoms with van der Waals surface area (Å²) in [6.07, 6.45) is 3.30. The Morgan fingerprint density at radius 2 is 2.10 bits per heavy atom. The maximum atomic E-state index is 12.2. The number of carbonyl (C=O) groups excluding carboxylic acids is 1. The van der Waals surface area contributed by atoms with E-state index in [0.717, 1.165) is 10.9 Å². The highest BCUT2D eigenvalue weighted by molar-refractivity contribution is 6.05. The number of amides is 1. The fraction of sp³-hybridized carbons (Fsp3) is 0.176. The molecule has 0 saturated heterocycles.